The van der Waals surface area contributed by atoms with E-state index in [1.807, 2.05) is 50.4 Å². The molecule has 2 aromatic rings. The number of rotatable bonds is 4. The van der Waals surface area contributed by atoms with Crippen LogP contribution in [-0.2, 0) is 12.1 Å². The van der Waals surface area contributed by atoms with Gasteiger partial charge in [-0.3, -0.25) is 0 Å². The van der Waals surface area contributed by atoms with Crippen LogP contribution in [-0.4, -0.2) is 12.2 Å². The third-order valence-corrected chi connectivity index (χ3v) is 3.57. The summed E-state index contributed by atoms with van der Waals surface area (Å²) >= 11 is 5.90. The molecule has 0 aliphatic rings. The van der Waals surface area contributed by atoms with E-state index in [1.54, 1.807) is 12.1 Å². The summed E-state index contributed by atoms with van der Waals surface area (Å²) in [5.41, 5.74) is 1.80. The van der Waals surface area contributed by atoms with Crippen molar-refractivity contribution in [3.05, 3.63) is 70.2 Å². The van der Waals surface area contributed by atoms with Crippen LogP contribution in [0.3, 0.4) is 0 Å². The zero-order valence-corrected chi connectivity index (χ0v) is 11.9. The van der Waals surface area contributed by atoms with Gasteiger partial charge in [0, 0.05) is 11.6 Å². The highest BCUT2D eigenvalue weighted by Gasteiger charge is 2.27. The van der Waals surface area contributed by atoms with Crippen LogP contribution in [0.1, 0.15) is 23.6 Å². The predicted molar refractivity (Wildman–Crippen MR) is 79.3 cm³/mol. The molecule has 0 unspecified atom stereocenters. The summed E-state index contributed by atoms with van der Waals surface area (Å²) in [5, 5.41) is 14.7. The Kier molecular flexibility index (Phi) is 4.25. The molecule has 2 aromatic carbocycles. The SMILES string of the molecule is CNCc1ccccc1[C@](C)(O)c1ccc(Cl)cc1. The Hall–Kier alpha value is -1.35. The van der Waals surface area contributed by atoms with E-state index in [0.717, 1.165) is 23.2 Å². The first kappa shape index (κ1) is 14.1. The molecule has 2 rings (SSSR count). The van der Waals surface area contributed by atoms with Crippen molar-refractivity contribution in [2.24, 2.45) is 0 Å². The summed E-state index contributed by atoms with van der Waals surface area (Å²) in [7, 11) is 1.90. The molecule has 0 saturated heterocycles. The van der Waals surface area contributed by atoms with Crippen LogP contribution >= 0.6 is 11.6 Å². The zero-order valence-electron chi connectivity index (χ0n) is 11.2. The molecular weight excluding hydrogens is 258 g/mol. The van der Waals surface area contributed by atoms with Crippen LogP contribution in [0.5, 0.6) is 0 Å². The third kappa shape index (κ3) is 2.98. The van der Waals surface area contributed by atoms with Gasteiger partial charge in [0.1, 0.15) is 5.60 Å². The Morgan fingerprint density at radius 2 is 1.74 bits per heavy atom. The molecule has 0 heterocycles. The third-order valence-electron chi connectivity index (χ3n) is 3.32. The smallest absolute Gasteiger partial charge is 0.112 e. The summed E-state index contributed by atoms with van der Waals surface area (Å²) in [6.07, 6.45) is 0. The molecule has 0 aromatic heterocycles. The van der Waals surface area contributed by atoms with Gasteiger partial charge in [-0.25, -0.2) is 0 Å². The highest BCUT2D eigenvalue weighted by Crippen LogP contribution is 2.32. The Bertz CT molecular complexity index is 549. The van der Waals surface area contributed by atoms with Gasteiger partial charge in [0.15, 0.2) is 0 Å². The maximum atomic E-state index is 10.9. The number of halogens is 1. The standard InChI is InChI=1S/C16H18ClNO/c1-16(19,13-7-9-14(17)10-8-13)15-6-4-3-5-12(15)11-18-2/h3-10,18-19H,11H2,1-2H3/t16-/m1/s1. The Morgan fingerprint density at radius 3 is 2.37 bits per heavy atom. The monoisotopic (exact) mass is 275 g/mol. The van der Waals surface area contributed by atoms with E-state index >= 15 is 0 Å². The van der Waals surface area contributed by atoms with Crippen LogP contribution in [0.4, 0.5) is 0 Å². The number of nitrogens with one attached hydrogen (secondary N) is 1. The molecule has 0 radical (unpaired) electrons. The van der Waals surface area contributed by atoms with Gasteiger partial charge in [-0.1, -0.05) is 48.0 Å². The van der Waals surface area contributed by atoms with E-state index in [0.29, 0.717) is 5.02 Å². The van der Waals surface area contributed by atoms with Gasteiger partial charge in [0.25, 0.3) is 0 Å². The Balaban J connectivity index is 2.46. The molecule has 0 saturated carbocycles. The fourth-order valence-electron chi connectivity index (χ4n) is 2.27. The first-order chi connectivity index (χ1) is 9.05. The second-order valence-corrected chi connectivity index (χ2v) is 5.20. The summed E-state index contributed by atoms with van der Waals surface area (Å²) in [5.74, 6) is 0. The minimum absolute atomic E-state index is 0.670. The van der Waals surface area contributed by atoms with Crippen LogP contribution in [0.15, 0.2) is 48.5 Å². The minimum atomic E-state index is -1.03. The van der Waals surface area contributed by atoms with Gasteiger partial charge in [-0.15, -0.1) is 0 Å². The van der Waals surface area contributed by atoms with Crippen molar-refractivity contribution >= 4 is 11.6 Å². The van der Waals surface area contributed by atoms with E-state index < -0.39 is 5.60 Å². The van der Waals surface area contributed by atoms with Crippen molar-refractivity contribution in [1.29, 1.82) is 0 Å². The molecule has 2 N–H and O–H groups in total. The topological polar surface area (TPSA) is 32.3 Å². The molecular formula is C16H18ClNO. The molecule has 0 aliphatic carbocycles. The van der Waals surface area contributed by atoms with Crippen molar-refractivity contribution < 1.29 is 5.11 Å². The quantitative estimate of drug-likeness (QED) is 0.897. The summed E-state index contributed by atoms with van der Waals surface area (Å²) in [6, 6.07) is 15.2. The lowest BCUT2D eigenvalue weighted by atomic mass is 9.85. The lowest BCUT2D eigenvalue weighted by molar-refractivity contribution is 0.101. The van der Waals surface area contributed by atoms with Gasteiger partial charge in [-0.2, -0.15) is 0 Å². The van der Waals surface area contributed by atoms with Crippen LogP contribution < -0.4 is 5.32 Å². The maximum Gasteiger partial charge on any atom is 0.112 e. The zero-order chi connectivity index (χ0) is 13.9. The average Bonchev–Trinajstić information content (AvgIpc) is 2.40. The first-order valence-corrected chi connectivity index (χ1v) is 6.65. The molecule has 0 bridgehead atoms. The van der Waals surface area contributed by atoms with Crippen LogP contribution in [0.25, 0.3) is 0 Å². The molecule has 0 aliphatic heterocycles. The van der Waals surface area contributed by atoms with Crippen LogP contribution in [0, 0.1) is 0 Å². The minimum Gasteiger partial charge on any atom is -0.381 e. The van der Waals surface area contributed by atoms with Gasteiger partial charge >= 0.3 is 0 Å². The second kappa shape index (κ2) is 5.74. The number of benzene rings is 2. The molecule has 0 amide bonds. The second-order valence-electron chi connectivity index (χ2n) is 4.77. The molecule has 100 valence electrons. The molecule has 1 atom stereocenters. The first-order valence-electron chi connectivity index (χ1n) is 6.27. The number of hydrogen-bond acceptors (Lipinski definition) is 2. The number of hydrogen-bond donors (Lipinski definition) is 2. The molecule has 2 nitrogen and oxygen atoms in total. The van der Waals surface area contributed by atoms with Gasteiger partial charge in [0.2, 0.25) is 0 Å². The molecule has 3 heteroatoms. The lowest BCUT2D eigenvalue weighted by Gasteiger charge is -2.27. The number of aliphatic hydroxyl groups is 1. The highest BCUT2D eigenvalue weighted by atomic mass is 35.5. The highest BCUT2D eigenvalue weighted by molar-refractivity contribution is 6.30. The van der Waals surface area contributed by atoms with E-state index in [2.05, 4.69) is 5.32 Å². The Labute approximate surface area is 119 Å². The van der Waals surface area contributed by atoms with Crippen molar-refractivity contribution in [3.8, 4) is 0 Å². The normalized spacial score (nSPS) is 14.1. The fraction of sp³-hybridized carbons (Fsp3) is 0.250. The molecule has 19 heavy (non-hydrogen) atoms. The molecule has 0 spiro atoms. The van der Waals surface area contributed by atoms with Crippen LogP contribution in [0.2, 0.25) is 5.02 Å². The summed E-state index contributed by atoms with van der Waals surface area (Å²) in [6.45, 7) is 2.53. The van der Waals surface area contributed by atoms with Gasteiger partial charge in [0.05, 0.1) is 0 Å². The summed E-state index contributed by atoms with van der Waals surface area (Å²) in [4.78, 5) is 0. The van der Waals surface area contributed by atoms with Gasteiger partial charge in [-0.05, 0) is 42.8 Å². The van der Waals surface area contributed by atoms with Crippen molar-refractivity contribution in [3.63, 3.8) is 0 Å². The van der Waals surface area contributed by atoms with E-state index in [4.69, 9.17) is 11.6 Å². The molecule has 0 fully saturated rings. The average molecular weight is 276 g/mol. The predicted octanol–water partition coefficient (Wildman–Crippen LogP) is 3.32. The largest absolute Gasteiger partial charge is 0.381 e. The Morgan fingerprint density at radius 1 is 1.11 bits per heavy atom. The van der Waals surface area contributed by atoms with E-state index in [1.165, 1.54) is 0 Å². The fourth-order valence-corrected chi connectivity index (χ4v) is 2.40. The van der Waals surface area contributed by atoms with Crippen molar-refractivity contribution in [2.45, 2.75) is 19.1 Å². The summed E-state index contributed by atoms with van der Waals surface area (Å²) < 4.78 is 0. The van der Waals surface area contributed by atoms with E-state index in [-0.39, 0.29) is 0 Å². The van der Waals surface area contributed by atoms with Gasteiger partial charge < -0.3 is 10.4 Å². The lowest BCUT2D eigenvalue weighted by Crippen LogP contribution is -2.25. The van der Waals surface area contributed by atoms with E-state index in [9.17, 15) is 5.11 Å². The van der Waals surface area contributed by atoms with Crippen molar-refractivity contribution in [2.75, 3.05) is 7.05 Å². The van der Waals surface area contributed by atoms with Crippen molar-refractivity contribution in [1.82, 2.24) is 5.32 Å². The maximum absolute atomic E-state index is 10.9.